The average molecular weight is 247 g/mol. The Morgan fingerprint density at radius 2 is 2.18 bits per heavy atom. The van der Waals surface area contributed by atoms with E-state index in [4.69, 9.17) is 11.6 Å². The van der Waals surface area contributed by atoms with E-state index >= 15 is 0 Å². The molecule has 0 radical (unpaired) electrons. The Morgan fingerprint density at radius 1 is 1.35 bits per heavy atom. The van der Waals surface area contributed by atoms with Gasteiger partial charge in [0.25, 0.3) is 0 Å². The minimum atomic E-state index is -0.0559. The largest absolute Gasteiger partial charge is 0.300 e. The molecule has 1 aromatic rings. The first-order chi connectivity index (χ1) is 8.12. The van der Waals surface area contributed by atoms with E-state index in [1.54, 1.807) is 0 Å². The van der Waals surface area contributed by atoms with Gasteiger partial charge in [0, 0.05) is 23.3 Å². The van der Waals surface area contributed by atoms with Crippen LogP contribution >= 0.6 is 11.6 Å². The predicted molar refractivity (Wildman–Crippen MR) is 70.3 cm³/mol. The SMILES string of the molecule is CC1=C[C@]2(CCCC(=O)C2)c2cccc(Cl)c21. The summed E-state index contributed by atoms with van der Waals surface area (Å²) >= 11 is 6.28. The topological polar surface area (TPSA) is 17.1 Å². The van der Waals surface area contributed by atoms with Crippen LogP contribution in [0.5, 0.6) is 0 Å². The zero-order valence-electron chi connectivity index (χ0n) is 9.92. The summed E-state index contributed by atoms with van der Waals surface area (Å²) in [6.45, 7) is 2.10. The van der Waals surface area contributed by atoms with Crippen LogP contribution in [0.25, 0.3) is 5.57 Å². The van der Waals surface area contributed by atoms with Gasteiger partial charge in [0.05, 0.1) is 0 Å². The van der Waals surface area contributed by atoms with Crippen LogP contribution in [-0.4, -0.2) is 5.78 Å². The van der Waals surface area contributed by atoms with Gasteiger partial charge in [-0.25, -0.2) is 0 Å². The summed E-state index contributed by atoms with van der Waals surface area (Å²) in [4.78, 5) is 11.8. The summed E-state index contributed by atoms with van der Waals surface area (Å²) in [5, 5.41) is 0.811. The molecule has 0 heterocycles. The van der Waals surface area contributed by atoms with Gasteiger partial charge in [0.2, 0.25) is 0 Å². The van der Waals surface area contributed by atoms with E-state index in [9.17, 15) is 4.79 Å². The van der Waals surface area contributed by atoms with Crippen molar-refractivity contribution in [3.8, 4) is 0 Å². The number of ketones is 1. The quantitative estimate of drug-likeness (QED) is 0.673. The fraction of sp³-hybridized carbons (Fsp3) is 0.400. The van der Waals surface area contributed by atoms with E-state index in [0.717, 1.165) is 29.8 Å². The number of carbonyl (C=O) groups excluding carboxylic acids is 1. The van der Waals surface area contributed by atoms with Crippen molar-refractivity contribution in [2.24, 2.45) is 0 Å². The molecule has 0 aliphatic heterocycles. The Balaban J connectivity index is 2.17. The number of rotatable bonds is 0. The van der Waals surface area contributed by atoms with Gasteiger partial charge >= 0.3 is 0 Å². The molecule has 0 aromatic heterocycles. The number of hydrogen-bond acceptors (Lipinski definition) is 1. The van der Waals surface area contributed by atoms with Crippen LogP contribution in [0.1, 0.15) is 43.7 Å². The highest BCUT2D eigenvalue weighted by Gasteiger charge is 2.41. The molecule has 0 unspecified atom stereocenters. The molecule has 1 nitrogen and oxygen atoms in total. The number of fused-ring (bicyclic) bond motifs is 2. The molecule has 17 heavy (non-hydrogen) atoms. The minimum Gasteiger partial charge on any atom is -0.300 e. The van der Waals surface area contributed by atoms with Gasteiger partial charge < -0.3 is 0 Å². The monoisotopic (exact) mass is 246 g/mol. The molecule has 2 aliphatic carbocycles. The predicted octanol–water partition coefficient (Wildman–Crippen LogP) is 4.14. The van der Waals surface area contributed by atoms with E-state index in [1.807, 2.05) is 12.1 Å². The zero-order chi connectivity index (χ0) is 12.0. The second-order valence-corrected chi connectivity index (χ2v) is 5.62. The molecule has 1 fully saturated rings. The molecule has 2 heteroatoms. The van der Waals surface area contributed by atoms with E-state index in [2.05, 4.69) is 19.1 Å². The smallest absolute Gasteiger partial charge is 0.134 e. The zero-order valence-corrected chi connectivity index (χ0v) is 10.7. The van der Waals surface area contributed by atoms with Crippen LogP contribution in [0.15, 0.2) is 24.3 Å². The lowest BCUT2D eigenvalue weighted by atomic mass is 9.70. The third kappa shape index (κ3) is 1.56. The van der Waals surface area contributed by atoms with Crippen LogP contribution in [-0.2, 0) is 10.2 Å². The number of allylic oxidation sites excluding steroid dienone is 2. The molecule has 88 valence electrons. The molecule has 0 saturated heterocycles. The average Bonchev–Trinajstić information content (AvgIpc) is 2.53. The lowest BCUT2D eigenvalue weighted by molar-refractivity contribution is -0.121. The Kier molecular flexibility index (Phi) is 2.41. The summed E-state index contributed by atoms with van der Waals surface area (Å²) < 4.78 is 0. The standard InChI is InChI=1S/C15H15ClO/c1-10-8-15(7-3-4-11(17)9-15)12-5-2-6-13(16)14(10)12/h2,5-6,8H,3-4,7,9H2,1H3/t15-/m0/s1. The van der Waals surface area contributed by atoms with Crippen molar-refractivity contribution in [3.05, 3.63) is 40.4 Å². The van der Waals surface area contributed by atoms with Gasteiger partial charge in [0.1, 0.15) is 5.78 Å². The van der Waals surface area contributed by atoms with Crippen LogP contribution in [0.2, 0.25) is 5.02 Å². The van der Waals surface area contributed by atoms with Gasteiger partial charge in [-0.3, -0.25) is 4.79 Å². The van der Waals surface area contributed by atoms with E-state index in [1.165, 1.54) is 11.1 Å². The molecule has 0 amide bonds. The lowest BCUT2D eigenvalue weighted by Crippen LogP contribution is -2.29. The van der Waals surface area contributed by atoms with Crippen molar-refractivity contribution in [2.75, 3.05) is 0 Å². The van der Waals surface area contributed by atoms with Crippen molar-refractivity contribution in [2.45, 2.75) is 38.0 Å². The Morgan fingerprint density at radius 3 is 2.94 bits per heavy atom. The molecule has 1 atom stereocenters. The van der Waals surface area contributed by atoms with Crippen LogP contribution < -0.4 is 0 Å². The molecule has 1 aromatic carbocycles. The van der Waals surface area contributed by atoms with Crippen molar-refractivity contribution in [3.63, 3.8) is 0 Å². The molecule has 2 aliphatic rings. The number of benzene rings is 1. The molecule has 1 saturated carbocycles. The van der Waals surface area contributed by atoms with Gasteiger partial charge in [-0.2, -0.15) is 0 Å². The number of carbonyl (C=O) groups is 1. The fourth-order valence-electron chi connectivity index (χ4n) is 3.39. The first-order valence-electron chi connectivity index (χ1n) is 6.13. The van der Waals surface area contributed by atoms with Crippen LogP contribution in [0.3, 0.4) is 0 Å². The molecule has 0 N–H and O–H groups in total. The van der Waals surface area contributed by atoms with Crippen molar-refractivity contribution in [1.29, 1.82) is 0 Å². The first-order valence-corrected chi connectivity index (χ1v) is 6.51. The maximum Gasteiger partial charge on any atom is 0.134 e. The minimum absolute atomic E-state index is 0.0559. The third-order valence-electron chi connectivity index (χ3n) is 4.03. The van der Waals surface area contributed by atoms with E-state index < -0.39 is 0 Å². The second-order valence-electron chi connectivity index (χ2n) is 5.21. The highest BCUT2D eigenvalue weighted by Crippen LogP contribution is 2.50. The molecule has 0 bridgehead atoms. The van der Waals surface area contributed by atoms with Crippen molar-refractivity contribution < 1.29 is 4.79 Å². The maximum atomic E-state index is 11.8. The summed E-state index contributed by atoms with van der Waals surface area (Å²) in [6, 6.07) is 6.06. The molecule has 1 spiro atoms. The summed E-state index contributed by atoms with van der Waals surface area (Å²) in [6.07, 6.45) is 5.72. The molecular weight excluding hydrogens is 232 g/mol. The van der Waals surface area contributed by atoms with Crippen LogP contribution in [0, 0.1) is 0 Å². The Hall–Kier alpha value is -1.08. The Labute approximate surface area is 106 Å². The van der Waals surface area contributed by atoms with E-state index in [-0.39, 0.29) is 5.41 Å². The fourth-order valence-corrected chi connectivity index (χ4v) is 3.71. The maximum absolute atomic E-state index is 11.8. The normalized spacial score (nSPS) is 27.2. The molecular formula is C15H15ClO. The second kappa shape index (κ2) is 3.71. The van der Waals surface area contributed by atoms with Gasteiger partial charge in [0.15, 0.2) is 0 Å². The van der Waals surface area contributed by atoms with Gasteiger partial charge in [-0.1, -0.05) is 29.8 Å². The highest BCUT2D eigenvalue weighted by atomic mass is 35.5. The number of hydrogen-bond donors (Lipinski definition) is 0. The van der Waals surface area contributed by atoms with Crippen molar-refractivity contribution >= 4 is 23.0 Å². The number of halogens is 1. The lowest BCUT2D eigenvalue weighted by Gasteiger charge is -2.32. The highest BCUT2D eigenvalue weighted by molar-refractivity contribution is 6.32. The van der Waals surface area contributed by atoms with Crippen molar-refractivity contribution in [1.82, 2.24) is 0 Å². The van der Waals surface area contributed by atoms with Gasteiger partial charge in [-0.05, 0) is 42.5 Å². The third-order valence-corrected chi connectivity index (χ3v) is 4.34. The molecule has 3 rings (SSSR count). The summed E-state index contributed by atoms with van der Waals surface area (Å²) in [7, 11) is 0. The Bertz CT molecular complexity index is 530. The summed E-state index contributed by atoms with van der Waals surface area (Å²) in [5.41, 5.74) is 3.58. The van der Waals surface area contributed by atoms with Crippen LogP contribution in [0.4, 0.5) is 0 Å². The number of Topliss-reactive ketones (excluding diaryl/α,β-unsaturated/α-hetero) is 1. The summed E-state index contributed by atoms with van der Waals surface area (Å²) in [5.74, 6) is 0.383. The first kappa shape index (κ1) is 11.0. The van der Waals surface area contributed by atoms with Gasteiger partial charge in [-0.15, -0.1) is 0 Å². The van der Waals surface area contributed by atoms with E-state index in [0.29, 0.717) is 12.2 Å².